The molecule has 7 nitrogen and oxygen atoms in total. The molecule has 1 radical (unpaired) electrons. The first-order chi connectivity index (χ1) is 19.8. The van der Waals surface area contributed by atoms with Crippen molar-refractivity contribution in [2.45, 2.75) is 45.1 Å². The summed E-state index contributed by atoms with van der Waals surface area (Å²) in [4.78, 5) is 13.3. The van der Waals surface area contributed by atoms with Crippen LogP contribution < -0.4 is 24.7 Å². The minimum Gasteiger partial charge on any atom is -0.494 e. The summed E-state index contributed by atoms with van der Waals surface area (Å²) in [7, 11) is 0. The Morgan fingerprint density at radius 1 is 0.625 bits per heavy atom. The second kappa shape index (κ2) is 13.9. The van der Waals surface area contributed by atoms with E-state index in [1.54, 1.807) is 0 Å². The van der Waals surface area contributed by atoms with E-state index in [2.05, 4.69) is 45.7 Å². The van der Waals surface area contributed by atoms with Gasteiger partial charge in [-0.1, -0.05) is 61.7 Å². The fourth-order valence-electron chi connectivity index (χ4n) is 4.55. The van der Waals surface area contributed by atoms with Crippen molar-refractivity contribution >= 4 is 23.2 Å². The van der Waals surface area contributed by atoms with Gasteiger partial charge < -0.3 is 4.74 Å². The lowest BCUT2D eigenvalue weighted by atomic mass is 10.1. The van der Waals surface area contributed by atoms with Gasteiger partial charge in [0.1, 0.15) is 12.3 Å². The van der Waals surface area contributed by atoms with Gasteiger partial charge in [-0.3, -0.25) is 0 Å². The minimum absolute atomic E-state index is 0.337. The zero-order valence-corrected chi connectivity index (χ0v) is 22.7. The number of pyridine rings is 1. The lowest BCUT2D eigenvalue weighted by Gasteiger charge is -2.31. The third kappa shape index (κ3) is 7.26. The molecule has 0 aliphatic carbocycles. The maximum Gasteiger partial charge on any atom is 0.370 e. The van der Waals surface area contributed by atoms with E-state index in [1.807, 2.05) is 84.9 Å². The summed E-state index contributed by atoms with van der Waals surface area (Å²) in [5, 5.41) is 7.37. The van der Waals surface area contributed by atoms with Crippen molar-refractivity contribution in [1.29, 1.82) is 0 Å². The Balaban J connectivity index is 1.12. The molecule has 5 rings (SSSR count). The Labute approximate surface area is 236 Å². The highest BCUT2D eigenvalue weighted by molar-refractivity contribution is 6.12. The Morgan fingerprint density at radius 2 is 1.20 bits per heavy atom. The van der Waals surface area contributed by atoms with Gasteiger partial charge in [0.2, 0.25) is 0 Å². The van der Waals surface area contributed by atoms with E-state index in [4.69, 9.17) is 4.74 Å². The minimum atomic E-state index is -0.337. The summed E-state index contributed by atoms with van der Waals surface area (Å²) in [5.74, 6) is 1.26. The molecule has 1 aliphatic heterocycles. The Kier molecular flexibility index (Phi) is 9.39. The molecule has 0 saturated heterocycles. The van der Waals surface area contributed by atoms with Crippen LogP contribution in [-0.4, -0.2) is 18.5 Å². The number of anilines is 2. The Hall–Kier alpha value is -4.65. The Morgan fingerprint density at radius 3 is 1.88 bits per heavy atom. The molecule has 4 aromatic rings. The van der Waals surface area contributed by atoms with Crippen LogP contribution in [0.3, 0.4) is 0 Å². The monoisotopic (exact) mass is 533 g/mol. The van der Waals surface area contributed by atoms with Gasteiger partial charge in [0.05, 0.1) is 18.0 Å². The molecular formula is C33H35N5O2+. The summed E-state index contributed by atoms with van der Waals surface area (Å²) in [5.41, 5.74) is 6.75. The average molecular weight is 534 g/mol. The predicted octanol–water partition coefficient (Wildman–Crippen LogP) is 6.72. The third-order valence-corrected chi connectivity index (χ3v) is 6.72. The molecule has 1 aliphatic rings. The maximum absolute atomic E-state index is 13.3. The van der Waals surface area contributed by atoms with Gasteiger partial charge >= 0.3 is 6.03 Å². The molecule has 0 saturated carbocycles. The van der Waals surface area contributed by atoms with Gasteiger partial charge in [0.25, 0.3) is 0 Å². The second-order valence-corrected chi connectivity index (χ2v) is 9.71. The highest BCUT2D eigenvalue weighted by Crippen LogP contribution is 2.25. The number of hydrogen-bond acceptors (Lipinski definition) is 3. The van der Waals surface area contributed by atoms with Crippen LogP contribution in [0.4, 0.5) is 16.2 Å². The van der Waals surface area contributed by atoms with Crippen molar-refractivity contribution in [1.82, 2.24) is 5.43 Å². The molecule has 1 aromatic heterocycles. The van der Waals surface area contributed by atoms with Crippen LogP contribution in [0.1, 0.15) is 44.1 Å². The van der Waals surface area contributed by atoms with Crippen molar-refractivity contribution in [3.05, 3.63) is 121 Å². The number of carbonyl (C=O) groups excluding carboxylic acids is 1. The van der Waals surface area contributed by atoms with E-state index >= 15 is 0 Å². The second-order valence-electron chi connectivity index (χ2n) is 9.71. The first-order valence-corrected chi connectivity index (χ1v) is 14.0. The number of ether oxygens (including phenoxy) is 1. The number of nitrogens with zero attached hydrogens (tertiary/aromatic N) is 5. The van der Waals surface area contributed by atoms with Crippen molar-refractivity contribution in [3.8, 4) is 5.75 Å². The highest BCUT2D eigenvalue weighted by Gasteiger charge is 2.32. The van der Waals surface area contributed by atoms with Crippen LogP contribution in [0, 0.1) is 0 Å². The van der Waals surface area contributed by atoms with Crippen LogP contribution in [-0.2, 0) is 6.54 Å². The van der Waals surface area contributed by atoms with E-state index in [0.29, 0.717) is 23.8 Å². The fraction of sp³-hybridized carbons (Fsp3) is 0.242. The molecule has 0 unspecified atom stereocenters. The average Bonchev–Trinajstić information content (AvgIpc) is 3.02. The zero-order chi connectivity index (χ0) is 27.4. The highest BCUT2D eigenvalue weighted by atomic mass is 16.5. The van der Waals surface area contributed by atoms with E-state index in [0.717, 1.165) is 24.3 Å². The SMILES string of the molecule is O=C1N(c2ccccc2)[N]C(c2ccc(OCCCCCCCC[n+]3ccccc3)cc2)=NN1c1ccccc1. The molecule has 0 N–H and O–H groups in total. The van der Waals surface area contributed by atoms with Gasteiger partial charge in [-0.2, -0.15) is 10.0 Å². The van der Waals surface area contributed by atoms with Crippen molar-refractivity contribution in [2.24, 2.45) is 5.10 Å². The maximum atomic E-state index is 13.3. The van der Waals surface area contributed by atoms with E-state index in [1.165, 1.54) is 42.1 Å². The van der Waals surface area contributed by atoms with Crippen molar-refractivity contribution < 1.29 is 14.1 Å². The van der Waals surface area contributed by atoms with Gasteiger partial charge in [-0.05, 0) is 61.4 Å². The van der Waals surface area contributed by atoms with Gasteiger partial charge in [-0.25, -0.2) is 9.36 Å². The molecule has 7 heteroatoms. The van der Waals surface area contributed by atoms with Gasteiger partial charge in [-0.15, -0.1) is 10.5 Å². The van der Waals surface area contributed by atoms with E-state index < -0.39 is 0 Å². The normalized spacial score (nSPS) is 13.1. The molecule has 2 amide bonds. The first-order valence-electron chi connectivity index (χ1n) is 14.0. The lowest BCUT2D eigenvalue weighted by molar-refractivity contribution is -0.697. The summed E-state index contributed by atoms with van der Waals surface area (Å²) in [6, 6.07) is 32.4. The number of aromatic nitrogens is 1. The third-order valence-electron chi connectivity index (χ3n) is 6.72. The molecule has 0 fully saturated rings. The first kappa shape index (κ1) is 26.9. The van der Waals surface area contributed by atoms with Crippen LogP contribution in [0.2, 0.25) is 0 Å². The number of hydrogen-bond donors (Lipinski definition) is 0. The number of carbonyl (C=O) groups is 1. The number of aryl methyl sites for hydroxylation is 1. The number of hydrazone groups is 1. The number of amides is 2. The van der Waals surface area contributed by atoms with Crippen LogP contribution in [0.15, 0.2) is 121 Å². The molecular weight excluding hydrogens is 498 g/mol. The number of rotatable bonds is 13. The lowest BCUT2D eigenvalue weighted by Crippen LogP contribution is -2.52. The van der Waals surface area contributed by atoms with E-state index in [9.17, 15) is 4.79 Å². The number of urea groups is 1. The zero-order valence-electron chi connectivity index (χ0n) is 22.7. The molecule has 3 aromatic carbocycles. The van der Waals surface area contributed by atoms with E-state index in [-0.39, 0.29) is 6.03 Å². The van der Waals surface area contributed by atoms with Crippen molar-refractivity contribution in [3.63, 3.8) is 0 Å². The standard InChI is InChI=1S/C33H35N5O2/c39-33-37(29-16-8-5-9-17-29)34-32(35-38(33)30-18-10-6-11-19-30)28-20-22-31(23-21-28)40-27-15-4-2-1-3-12-24-36-25-13-7-14-26-36/h5-11,13-14,16-23,25-26H,1-4,12,15,24,27H2/q+1. The fourth-order valence-corrected chi connectivity index (χ4v) is 4.55. The molecule has 0 spiro atoms. The summed E-state index contributed by atoms with van der Waals surface area (Å²) in [6.45, 7) is 1.78. The molecule has 0 bridgehead atoms. The summed E-state index contributed by atoms with van der Waals surface area (Å²) < 4.78 is 8.23. The van der Waals surface area contributed by atoms with Gasteiger partial charge in [0.15, 0.2) is 18.2 Å². The van der Waals surface area contributed by atoms with Crippen LogP contribution in [0.5, 0.6) is 5.75 Å². The number of amidine groups is 1. The molecule has 40 heavy (non-hydrogen) atoms. The molecule has 203 valence electrons. The van der Waals surface area contributed by atoms with Crippen molar-refractivity contribution in [2.75, 3.05) is 16.6 Å². The molecule has 0 atom stereocenters. The predicted molar refractivity (Wildman–Crippen MR) is 158 cm³/mol. The summed E-state index contributed by atoms with van der Waals surface area (Å²) >= 11 is 0. The van der Waals surface area contributed by atoms with Crippen LogP contribution >= 0.6 is 0 Å². The largest absolute Gasteiger partial charge is 0.494 e. The Bertz CT molecular complexity index is 1360. The number of para-hydroxylation sites is 2. The quantitative estimate of drug-likeness (QED) is 0.141. The summed E-state index contributed by atoms with van der Waals surface area (Å²) in [6.07, 6.45) is 11.4. The van der Waals surface area contributed by atoms with Crippen LogP contribution in [0.25, 0.3) is 0 Å². The van der Waals surface area contributed by atoms with Gasteiger partial charge in [0, 0.05) is 24.1 Å². The number of unbranched alkanes of at least 4 members (excludes halogenated alkanes) is 5. The smallest absolute Gasteiger partial charge is 0.370 e. The molecule has 2 heterocycles. The number of benzene rings is 3. The topological polar surface area (TPSA) is 63.1 Å².